The molecule has 0 heterocycles. The lowest BCUT2D eigenvalue weighted by Crippen LogP contribution is -2.22. The van der Waals surface area contributed by atoms with Gasteiger partial charge in [0.05, 0.1) is 21.4 Å². The van der Waals surface area contributed by atoms with Crippen molar-refractivity contribution < 1.29 is 9.72 Å². The summed E-state index contributed by atoms with van der Waals surface area (Å²) in [7, 11) is 0. The highest BCUT2D eigenvalue weighted by atomic mass is 35.5. The van der Waals surface area contributed by atoms with Crippen molar-refractivity contribution in [1.82, 2.24) is 0 Å². The van der Waals surface area contributed by atoms with Gasteiger partial charge in [-0.2, -0.15) is 0 Å². The van der Waals surface area contributed by atoms with E-state index in [0.717, 1.165) is 4.90 Å². The molecule has 0 aliphatic carbocycles. The Morgan fingerprint density at radius 3 is 2.52 bits per heavy atom. The number of hydrogen-bond donors (Lipinski definition) is 1. The lowest BCUT2D eigenvalue weighted by atomic mass is 10.1. The number of rotatable bonds is 5. The summed E-state index contributed by atoms with van der Waals surface area (Å²) < 4.78 is 0. The third kappa shape index (κ3) is 4.46. The summed E-state index contributed by atoms with van der Waals surface area (Å²) in [5.41, 5.74) is 0.878. The second kappa shape index (κ2) is 7.48. The van der Waals surface area contributed by atoms with Crippen LogP contribution in [-0.2, 0) is 4.79 Å². The number of thioether (sulfide) groups is 1. The van der Waals surface area contributed by atoms with Crippen LogP contribution in [0.3, 0.4) is 0 Å². The zero-order chi connectivity index (χ0) is 17.0. The van der Waals surface area contributed by atoms with E-state index >= 15 is 0 Å². The summed E-state index contributed by atoms with van der Waals surface area (Å²) in [5.74, 6) is -0.214. The van der Waals surface area contributed by atoms with Gasteiger partial charge in [-0.15, -0.1) is 11.8 Å². The Morgan fingerprint density at radius 1 is 1.26 bits per heavy atom. The number of nitro groups is 1. The summed E-state index contributed by atoms with van der Waals surface area (Å²) in [4.78, 5) is 23.7. The van der Waals surface area contributed by atoms with Crippen molar-refractivity contribution in [1.29, 1.82) is 0 Å². The number of amides is 1. The van der Waals surface area contributed by atoms with E-state index in [-0.39, 0.29) is 16.8 Å². The molecule has 2 rings (SSSR count). The molecule has 0 aliphatic heterocycles. The van der Waals surface area contributed by atoms with Gasteiger partial charge in [-0.25, -0.2) is 0 Å². The predicted octanol–water partition coefficient (Wildman–Crippen LogP) is 4.68. The number of halogens is 1. The van der Waals surface area contributed by atoms with Crippen molar-refractivity contribution in [2.45, 2.75) is 24.0 Å². The van der Waals surface area contributed by atoms with Crippen molar-refractivity contribution in [3.63, 3.8) is 0 Å². The first-order valence-electron chi connectivity index (χ1n) is 6.85. The molecule has 5 nitrogen and oxygen atoms in total. The fourth-order valence-electron chi connectivity index (χ4n) is 1.96. The maximum Gasteiger partial charge on any atom is 0.274 e. The van der Waals surface area contributed by atoms with Gasteiger partial charge in [-0.3, -0.25) is 14.9 Å². The van der Waals surface area contributed by atoms with E-state index in [9.17, 15) is 14.9 Å². The average molecular weight is 351 g/mol. The second-order valence-electron chi connectivity index (χ2n) is 4.91. The van der Waals surface area contributed by atoms with Crippen molar-refractivity contribution in [2.24, 2.45) is 0 Å². The van der Waals surface area contributed by atoms with Gasteiger partial charge in [-0.1, -0.05) is 17.7 Å². The van der Waals surface area contributed by atoms with Crippen LogP contribution in [0.1, 0.15) is 12.5 Å². The molecule has 0 radical (unpaired) electrons. The van der Waals surface area contributed by atoms with E-state index in [1.807, 2.05) is 12.1 Å². The van der Waals surface area contributed by atoms with Crippen LogP contribution in [0.4, 0.5) is 11.4 Å². The largest absolute Gasteiger partial charge is 0.325 e. The lowest BCUT2D eigenvalue weighted by molar-refractivity contribution is -0.385. The molecular formula is C16H15ClN2O3S. The fourth-order valence-corrected chi connectivity index (χ4v) is 2.96. The number of carbonyl (C=O) groups excluding carboxylic acids is 1. The third-order valence-electron chi connectivity index (χ3n) is 3.26. The summed E-state index contributed by atoms with van der Waals surface area (Å²) in [6.45, 7) is 3.39. The molecule has 2 aromatic carbocycles. The van der Waals surface area contributed by atoms with Crippen molar-refractivity contribution >= 4 is 40.6 Å². The van der Waals surface area contributed by atoms with Gasteiger partial charge in [0.15, 0.2) is 0 Å². The number of nitro benzene ring substituents is 1. The molecule has 0 saturated heterocycles. The molecule has 0 fully saturated rings. The van der Waals surface area contributed by atoms with E-state index < -0.39 is 4.92 Å². The highest BCUT2D eigenvalue weighted by Gasteiger charge is 2.18. The smallest absolute Gasteiger partial charge is 0.274 e. The number of hydrogen-bond acceptors (Lipinski definition) is 4. The first-order valence-corrected chi connectivity index (χ1v) is 8.11. The van der Waals surface area contributed by atoms with Crippen molar-refractivity contribution in [2.75, 3.05) is 5.32 Å². The average Bonchev–Trinajstić information content (AvgIpc) is 2.51. The minimum atomic E-state index is -0.461. The van der Waals surface area contributed by atoms with E-state index in [4.69, 9.17) is 11.6 Å². The zero-order valence-electron chi connectivity index (χ0n) is 12.6. The number of benzene rings is 2. The van der Waals surface area contributed by atoms with E-state index in [0.29, 0.717) is 16.3 Å². The van der Waals surface area contributed by atoms with Crippen LogP contribution in [0.5, 0.6) is 0 Å². The summed E-state index contributed by atoms with van der Waals surface area (Å²) in [5, 5.41) is 14.0. The Kier molecular flexibility index (Phi) is 5.63. The Hall–Kier alpha value is -2.05. The zero-order valence-corrected chi connectivity index (χ0v) is 14.1. The SMILES string of the molecule is Cc1c(NC(=O)[C@H](C)Sc2ccc(Cl)cc2)cccc1[N+](=O)[O-]. The van der Waals surface area contributed by atoms with Crippen molar-refractivity contribution in [3.05, 3.63) is 63.2 Å². The van der Waals surface area contributed by atoms with E-state index in [2.05, 4.69) is 5.32 Å². The first kappa shape index (κ1) is 17.3. The Balaban J connectivity index is 2.08. The Labute approximate surface area is 143 Å². The van der Waals surface area contributed by atoms with Gasteiger partial charge < -0.3 is 5.32 Å². The van der Waals surface area contributed by atoms with Crippen LogP contribution in [0.25, 0.3) is 0 Å². The summed E-state index contributed by atoms with van der Waals surface area (Å²) in [6.07, 6.45) is 0. The molecule has 0 aliphatic rings. The minimum Gasteiger partial charge on any atom is -0.325 e. The number of nitrogens with one attached hydrogen (secondary N) is 1. The predicted molar refractivity (Wildman–Crippen MR) is 93.2 cm³/mol. The molecule has 120 valence electrons. The topological polar surface area (TPSA) is 72.2 Å². The maximum atomic E-state index is 12.3. The Bertz CT molecular complexity index is 735. The van der Waals surface area contributed by atoms with Crippen LogP contribution >= 0.6 is 23.4 Å². The molecular weight excluding hydrogens is 336 g/mol. The van der Waals surface area contributed by atoms with Gasteiger partial charge in [0, 0.05) is 16.0 Å². The van der Waals surface area contributed by atoms with Gasteiger partial charge >= 0.3 is 0 Å². The van der Waals surface area contributed by atoms with Crippen molar-refractivity contribution in [3.8, 4) is 0 Å². The van der Waals surface area contributed by atoms with Crippen LogP contribution in [0.2, 0.25) is 5.02 Å². The quantitative estimate of drug-likeness (QED) is 0.483. The van der Waals surface area contributed by atoms with Gasteiger partial charge in [-0.05, 0) is 44.2 Å². The van der Waals surface area contributed by atoms with Crippen LogP contribution in [0.15, 0.2) is 47.4 Å². The second-order valence-corrected chi connectivity index (χ2v) is 6.76. The molecule has 7 heteroatoms. The normalized spacial score (nSPS) is 11.8. The molecule has 1 atom stereocenters. The maximum absolute atomic E-state index is 12.3. The third-order valence-corrected chi connectivity index (χ3v) is 4.62. The van der Waals surface area contributed by atoms with Gasteiger partial charge in [0.2, 0.25) is 5.91 Å². The summed E-state index contributed by atoms with van der Waals surface area (Å²) >= 11 is 7.22. The lowest BCUT2D eigenvalue weighted by Gasteiger charge is -2.13. The molecule has 1 amide bonds. The van der Waals surface area contributed by atoms with Crippen LogP contribution in [0, 0.1) is 17.0 Å². The molecule has 2 aromatic rings. The molecule has 0 saturated carbocycles. The molecule has 1 N–H and O–H groups in total. The number of nitrogens with zero attached hydrogens (tertiary/aromatic N) is 1. The van der Waals surface area contributed by atoms with Crippen LogP contribution in [-0.4, -0.2) is 16.1 Å². The molecule has 23 heavy (non-hydrogen) atoms. The molecule has 0 unspecified atom stereocenters. The van der Waals surface area contributed by atoms with Crippen LogP contribution < -0.4 is 5.32 Å². The highest BCUT2D eigenvalue weighted by Crippen LogP contribution is 2.28. The Morgan fingerprint density at radius 2 is 1.91 bits per heavy atom. The number of carbonyl (C=O) groups is 1. The monoisotopic (exact) mass is 350 g/mol. The number of anilines is 1. The molecule has 0 aromatic heterocycles. The highest BCUT2D eigenvalue weighted by molar-refractivity contribution is 8.00. The van der Waals surface area contributed by atoms with Gasteiger partial charge in [0.1, 0.15) is 0 Å². The molecule has 0 spiro atoms. The first-order chi connectivity index (χ1) is 10.9. The van der Waals surface area contributed by atoms with E-state index in [1.165, 1.54) is 17.8 Å². The minimum absolute atomic E-state index is 0.0131. The summed E-state index contributed by atoms with van der Waals surface area (Å²) in [6, 6.07) is 11.8. The fraction of sp³-hybridized carbons (Fsp3) is 0.188. The standard InChI is InChI=1S/C16H15ClN2O3S/c1-10-14(4-3-5-15(10)19(21)22)18-16(20)11(2)23-13-8-6-12(17)7-9-13/h3-9,11H,1-2H3,(H,18,20)/t11-/m0/s1. The van der Waals surface area contributed by atoms with Gasteiger partial charge in [0.25, 0.3) is 5.69 Å². The van der Waals surface area contributed by atoms with E-state index in [1.54, 1.807) is 38.1 Å². The molecule has 0 bridgehead atoms.